The zero-order valence-corrected chi connectivity index (χ0v) is 12.9. The summed E-state index contributed by atoms with van der Waals surface area (Å²) in [7, 11) is 0. The van der Waals surface area contributed by atoms with Crippen LogP contribution in [0, 0.1) is 0 Å². The Labute approximate surface area is 132 Å². The Morgan fingerprint density at radius 1 is 0.895 bits per heavy atom. The van der Waals surface area contributed by atoms with Gasteiger partial charge in [-0.3, -0.25) is 0 Å². The second-order valence-corrected chi connectivity index (χ2v) is 5.72. The van der Waals surface area contributed by atoms with Gasteiger partial charge in [0.1, 0.15) is 0 Å². The van der Waals surface area contributed by atoms with E-state index in [0.717, 1.165) is 16.7 Å². The SMILES string of the molecule is NCCc1cc(-c2cc(Cl)cc(Cl)c2Cl)ccc1Cl. The monoisotopic (exact) mass is 333 g/mol. The van der Waals surface area contributed by atoms with Gasteiger partial charge in [-0.05, 0) is 48.4 Å². The summed E-state index contributed by atoms with van der Waals surface area (Å²) in [4.78, 5) is 0. The van der Waals surface area contributed by atoms with Gasteiger partial charge in [0.15, 0.2) is 0 Å². The quantitative estimate of drug-likeness (QED) is 0.740. The minimum absolute atomic E-state index is 0.430. The zero-order valence-electron chi connectivity index (χ0n) is 9.89. The third-order valence-corrected chi connectivity index (χ3v) is 4.15. The predicted molar refractivity (Wildman–Crippen MR) is 84.7 cm³/mol. The van der Waals surface area contributed by atoms with Crippen LogP contribution in [0.25, 0.3) is 11.1 Å². The van der Waals surface area contributed by atoms with Crippen molar-refractivity contribution in [1.82, 2.24) is 0 Å². The number of rotatable bonds is 3. The lowest BCUT2D eigenvalue weighted by Gasteiger charge is -2.10. The smallest absolute Gasteiger partial charge is 0.0671 e. The van der Waals surface area contributed by atoms with Crippen LogP contribution >= 0.6 is 46.4 Å². The molecule has 0 fully saturated rings. The van der Waals surface area contributed by atoms with E-state index in [1.165, 1.54) is 0 Å². The summed E-state index contributed by atoms with van der Waals surface area (Å²) in [5, 5.41) is 2.14. The molecule has 2 aromatic rings. The van der Waals surface area contributed by atoms with E-state index in [2.05, 4.69) is 0 Å². The molecular weight excluding hydrogens is 324 g/mol. The Hall–Kier alpha value is -0.440. The lowest BCUT2D eigenvalue weighted by molar-refractivity contribution is 0.969. The summed E-state index contributed by atoms with van der Waals surface area (Å²) in [5.74, 6) is 0. The molecule has 0 atom stereocenters. The molecule has 0 heterocycles. The summed E-state index contributed by atoms with van der Waals surface area (Å²) in [5.41, 5.74) is 8.25. The first-order valence-corrected chi connectivity index (χ1v) is 7.17. The molecule has 0 aliphatic heterocycles. The Morgan fingerprint density at radius 3 is 2.32 bits per heavy atom. The first kappa shape index (κ1) is 15.0. The van der Waals surface area contributed by atoms with E-state index in [1.54, 1.807) is 12.1 Å². The summed E-state index contributed by atoms with van der Waals surface area (Å²) < 4.78 is 0. The van der Waals surface area contributed by atoms with Crippen molar-refractivity contribution in [2.45, 2.75) is 6.42 Å². The van der Waals surface area contributed by atoms with E-state index < -0.39 is 0 Å². The molecule has 0 saturated heterocycles. The van der Waals surface area contributed by atoms with E-state index in [9.17, 15) is 0 Å². The summed E-state index contributed by atoms with van der Waals surface area (Å²) in [6.07, 6.45) is 0.707. The lowest BCUT2D eigenvalue weighted by atomic mass is 10.0. The van der Waals surface area contributed by atoms with Gasteiger partial charge in [-0.25, -0.2) is 0 Å². The molecule has 19 heavy (non-hydrogen) atoms. The highest BCUT2D eigenvalue weighted by atomic mass is 35.5. The minimum Gasteiger partial charge on any atom is -0.330 e. The molecule has 2 N–H and O–H groups in total. The van der Waals surface area contributed by atoms with E-state index >= 15 is 0 Å². The number of hydrogen-bond donors (Lipinski definition) is 1. The van der Waals surface area contributed by atoms with Crippen LogP contribution < -0.4 is 5.73 Å². The third-order valence-electron chi connectivity index (χ3n) is 2.76. The maximum absolute atomic E-state index is 6.22. The fraction of sp³-hybridized carbons (Fsp3) is 0.143. The van der Waals surface area contributed by atoms with Crippen LogP contribution in [0.15, 0.2) is 30.3 Å². The average Bonchev–Trinajstić information content (AvgIpc) is 2.37. The van der Waals surface area contributed by atoms with Crippen LogP contribution in [0.4, 0.5) is 0 Å². The summed E-state index contributed by atoms with van der Waals surface area (Å²) >= 11 is 24.4. The van der Waals surface area contributed by atoms with Crippen molar-refractivity contribution in [2.75, 3.05) is 6.54 Å². The van der Waals surface area contributed by atoms with E-state index in [0.29, 0.717) is 33.1 Å². The van der Waals surface area contributed by atoms with Gasteiger partial charge < -0.3 is 5.73 Å². The summed E-state index contributed by atoms with van der Waals surface area (Å²) in [6, 6.07) is 9.07. The van der Waals surface area contributed by atoms with Crippen LogP contribution in [0.2, 0.25) is 20.1 Å². The Kier molecular flexibility index (Phi) is 4.99. The Morgan fingerprint density at radius 2 is 1.63 bits per heavy atom. The van der Waals surface area contributed by atoms with Crippen LogP contribution in [-0.4, -0.2) is 6.54 Å². The largest absolute Gasteiger partial charge is 0.330 e. The number of benzene rings is 2. The fourth-order valence-corrected chi connectivity index (χ4v) is 2.78. The number of halogens is 4. The molecule has 2 rings (SSSR count). The van der Waals surface area contributed by atoms with Crippen LogP contribution in [0.1, 0.15) is 5.56 Å². The summed E-state index contributed by atoms with van der Waals surface area (Å²) in [6.45, 7) is 0.535. The molecule has 0 aromatic heterocycles. The van der Waals surface area contributed by atoms with Gasteiger partial charge >= 0.3 is 0 Å². The highest BCUT2D eigenvalue weighted by Crippen LogP contribution is 2.37. The molecule has 0 aliphatic rings. The molecule has 0 unspecified atom stereocenters. The number of nitrogens with two attached hydrogens (primary N) is 1. The van der Waals surface area contributed by atoms with Crippen molar-refractivity contribution in [3.63, 3.8) is 0 Å². The van der Waals surface area contributed by atoms with Crippen molar-refractivity contribution in [3.05, 3.63) is 56.0 Å². The zero-order chi connectivity index (χ0) is 14.0. The average molecular weight is 335 g/mol. The maximum Gasteiger partial charge on any atom is 0.0671 e. The van der Waals surface area contributed by atoms with Gasteiger partial charge in [0.2, 0.25) is 0 Å². The Bertz CT molecular complexity index is 611. The molecule has 0 aliphatic carbocycles. The molecule has 0 radical (unpaired) electrons. The van der Waals surface area contributed by atoms with Gasteiger partial charge in [0.05, 0.1) is 10.0 Å². The molecule has 0 bridgehead atoms. The molecule has 100 valence electrons. The van der Waals surface area contributed by atoms with Gasteiger partial charge in [-0.2, -0.15) is 0 Å². The normalized spacial score (nSPS) is 10.8. The standard InChI is InChI=1S/C14H11Cl4N/c15-10-6-11(14(18)13(17)7-10)8-1-2-12(16)9(5-8)3-4-19/h1-2,5-7H,3-4,19H2. The van der Waals surface area contributed by atoms with E-state index in [1.807, 2.05) is 18.2 Å². The highest BCUT2D eigenvalue weighted by molar-refractivity contribution is 6.45. The van der Waals surface area contributed by atoms with Crippen molar-refractivity contribution in [1.29, 1.82) is 0 Å². The molecule has 2 aromatic carbocycles. The molecule has 5 heteroatoms. The van der Waals surface area contributed by atoms with Gasteiger partial charge in [-0.15, -0.1) is 0 Å². The van der Waals surface area contributed by atoms with Gasteiger partial charge in [0.25, 0.3) is 0 Å². The molecule has 1 nitrogen and oxygen atoms in total. The van der Waals surface area contributed by atoms with E-state index in [4.69, 9.17) is 52.1 Å². The predicted octanol–water partition coefficient (Wildman–Crippen LogP) is 5.47. The third kappa shape index (κ3) is 3.36. The first-order valence-electron chi connectivity index (χ1n) is 5.66. The maximum atomic E-state index is 6.22. The van der Waals surface area contributed by atoms with Crippen molar-refractivity contribution < 1.29 is 0 Å². The van der Waals surface area contributed by atoms with Crippen LogP contribution in [0.3, 0.4) is 0 Å². The van der Waals surface area contributed by atoms with Crippen LogP contribution in [-0.2, 0) is 6.42 Å². The van der Waals surface area contributed by atoms with Gasteiger partial charge in [0, 0.05) is 15.6 Å². The van der Waals surface area contributed by atoms with Crippen molar-refractivity contribution >= 4 is 46.4 Å². The second-order valence-electron chi connectivity index (χ2n) is 4.09. The Balaban J connectivity index is 2.56. The second kappa shape index (κ2) is 6.34. The van der Waals surface area contributed by atoms with Crippen molar-refractivity contribution in [3.8, 4) is 11.1 Å². The minimum atomic E-state index is 0.430. The van der Waals surface area contributed by atoms with Gasteiger partial charge in [-0.1, -0.05) is 52.5 Å². The lowest BCUT2D eigenvalue weighted by Crippen LogP contribution is -2.03. The molecular formula is C14H11Cl4N. The van der Waals surface area contributed by atoms with Crippen LogP contribution in [0.5, 0.6) is 0 Å². The molecule has 0 amide bonds. The topological polar surface area (TPSA) is 26.0 Å². The van der Waals surface area contributed by atoms with E-state index in [-0.39, 0.29) is 0 Å². The highest BCUT2D eigenvalue weighted by Gasteiger charge is 2.11. The first-order chi connectivity index (χ1) is 9.02. The fourth-order valence-electron chi connectivity index (χ4n) is 1.86. The molecule has 0 saturated carbocycles. The van der Waals surface area contributed by atoms with Crippen molar-refractivity contribution in [2.24, 2.45) is 5.73 Å². The molecule has 0 spiro atoms. The number of hydrogen-bond acceptors (Lipinski definition) is 1.